The van der Waals surface area contributed by atoms with Crippen molar-refractivity contribution in [1.82, 2.24) is 0 Å². The minimum absolute atomic E-state index is 0.203. The van der Waals surface area contributed by atoms with E-state index >= 15 is 0 Å². The van der Waals surface area contributed by atoms with Gasteiger partial charge in [0, 0.05) is 17.5 Å². The van der Waals surface area contributed by atoms with Gasteiger partial charge in [0.15, 0.2) is 6.61 Å². The summed E-state index contributed by atoms with van der Waals surface area (Å²) in [4.78, 5) is 49.6. The van der Waals surface area contributed by atoms with E-state index in [1.165, 1.54) is 35.7 Å². The molecule has 29 heavy (non-hydrogen) atoms. The topological polar surface area (TPSA) is 92.8 Å². The summed E-state index contributed by atoms with van der Waals surface area (Å²) in [6.07, 6.45) is 0. The summed E-state index contributed by atoms with van der Waals surface area (Å²) in [6, 6.07) is 10.8. The number of nitrogens with one attached hydrogen (secondary N) is 1. The largest absolute Gasteiger partial charge is 0.456 e. The first-order valence-electron chi connectivity index (χ1n) is 8.63. The number of Topliss-reactive ketones (excluding diaryl/α,β-unsaturated/α-hetero) is 1. The number of halogens is 1. The number of para-hydroxylation sites is 1. The molecule has 0 saturated heterocycles. The number of hydrogen-bond acceptors (Lipinski definition) is 6. The van der Waals surface area contributed by atoms with Crippen molar-refractivity contribution in [2.24, 2.45) is 0 Å². The lowest BCUT2D eigenvalue weighted by atomic mass is 10.1. The van der Waals surface area contributed by atoms with Gasteiger partial charge in [0.1, 0.15) is 12.4 Å². The molecule has 0 aromatic heterocycles. The molecule has 9 heteroatoms. The summed E-state index contributed by atoms with van der Waals surface area (Å²) < 4.78 is 19.0. The summed E-state index contributed by atoms with van der Waals surface area (Å²) in [5.74, 6) is -2.75. The molecule has 0 spiro atoms. The highest BCUT2D eigenvalue weighted by molar-refractivity contribution is 8.00. The highest BCUT2D eigenvalue weighted by Gasteiger charge is 2.27. The predicted molar refractivity (Wildman–Crippen MR) is 106 cm³/mol. The van der Waals surface area contributed by atoms with Gasteiger partial charge < -0.3 is 10.1 Å². The zero-order valence-electron chi connectivity index (χ0n) is 15.4. The summed E-state index contributed by atoms with van der Waals surface area (Å²) in [5, 5.41) is 2.40. The van der Waals surface area contributed by atoms with E-state index in [-0.39, 0.29) is 35.4 Å². The smallest absolute Gasteiger partial charge is 0.326 e. The molecule has 2 amide bonds. The molecular formula is C20H17FN2O5S. The van der Waals surface area contributed by atoms with Crippen LogP contribution in [0.25, 0.3) is 0 Å². The molecule has 2 aromatic carbocycles. The van der Waals surface area contributed by atoms with Crippen LogP contribution in [0.5, 0.6) is 0 Å². The molecule has 0 bridgehead atoms. The molecule has 0 unspecified atom stereocenters. The first-order valence-corrected chi connectivity index (χ1v) is 9.62. The molecule has 0 saturated carbocycles. The number of rotatable bonds is 6. The number of hydrogen-bond donors (Lipinski definition) is 1. The van der Waals surface area contributed by atoms with Crippen molar-refractivity contribution in [3.63, 3.8) is 0 Å². The number of nitrogens with zero attached hydrogens (tertiary/aromatic N) is 1. The second-order valence-electron chi connectivity index (χ2n) is 6.20. The van der Waals surface area contributed by atoms with E-state index in [4.69, 9.17) is 4.74 Å². The predicted octanol–water partition coefficient (Wildman–Crippen LogP) is 2.65. The number of amides is 2. The lowest BCUT2D eigenvalue weighted by molar-refractivity contribution is -0.141. The van der Waals surface area contributed by atoms with Gasteiger partial charge in [-0.05, 0) is 30.3 Å². The second kappa shape index (κ2) is 8.87. The number of carbonyl (C=O) groups is 4. The molecule has 0 aliphatic carbocycles. The first-order chi connectivity index (χ1) is 13.8. The Kier molecular flexibility index (Phi) is 6.28. The fourth-order valence-electron chi connectivity index (χ4n) is 2.75. The second-order valence-corrected chi connectivity index (χ2v) is 7.21. The van der Waals surface area contributed by atoms with Gasteiger partial charge in [0.05, 0.1) is 17.0 Å². The molecule has 1 N–H and O–H groups in total. The van der Waals surface area contributed by atoms with Crippen molar-refractivity contribution in [2.45, 2.75) is 11.8 Å². The number of ketones is 1. The van der Waals surface area contributed by atoms with Crippen LogP contribution in [-0.4, -0.2) is 42.5 Å². The monoisotopic (exact) mass is 416 g/mol. The van der Waals surface area contributed by atoms with E-state index in [0.717, 1.165) is 11.0 Å². The summed E-state index contributed by atoms with van der Waals surface area (Å²) >= 11 is 1.38. The molecular weight excluding hydrogens is 399 g/mol. The van der Waals surface area contributed by atoms with Crippen LogP contribution in [0.15, 0.2) is 47.4 Å². The lowest BCUT2D eigenvalue weighted by Crippen LogP contribution is -2.40. The maximum atomic E-state index is 14.1. The molecule has 7 nitrogen and oxygen atoms in total. The highest BCUT2D eigenvalue weighted by atomic mass is 32.2. The minimum Gasteiger partial charge on any atom is -0.456 e. The lowest BCUT2D eigenvalue weighted by Gasteiger charge is -2.27. The third kappa shape index (κ3) is 5.00. The van der Waals surface area contributed by atoms with E-state index < -0.39 is 24.2 Å². The minimum atomic E-state index is -0.838. The molecule has 2 aromatic rings. The van der Waals surface area contributed by atoms with Crippen molar-refractivity contribution in [3.05, 3.63) is 53.8 Å². The normalized spacial score (nSPS) is 12.9. The summed E-state index contributed by atoms with van der Waals surface area (Å²) in [6.45, 7) is 0.280. The molecule has 3 rings (SSSR count). The first kappa shape index (κ1) is 20.5. The van der Waals surface area contributed by atoms with Crippen LogP contribution in [0.1, 0.15) is 17.3 Å². The van der Waals surface area contributed by atoms with Crippen LogP contribution < -0.4 is 10.2 Å². The maximum absolute atomic E-state index is 14.1. The summed E-state index contributed by atoms with van der Waals surface area (Å²) in [5.41, 5.74) is 0.558. The third-order valence-corrected chi connectivity index (χ3v) is 5.10. The average Bonchev–Trinajstić information content (AvgIpc) is 2.68. The van der Waals surface area contributed by atoms with Crippen LogP contribution in [0, 0.1) is 5.82 Å². The maximum Gasteiger partial charge on any atom is 0.326 e. The summed E-state index contributed by atoms with van der Waals surface area (Å²) in [7, 11) is 0. The van der Waals surface area contributed by atoms with Gasteiger partial charge >= 0.3 is 5.97 Å². The van der Waals surface area contributed by atoms with Gasteiger partial charge in [0.25, 0.3) is 0 Å². The van der Waals surface area contributed by atoms with Crippen molar-refractivity contribution in [3.8, 4) is 0 Å². The quantitative estimate of drug-likeness (QED) is 0.575. The standard InChI is InChI=1S/C20H17FN2O5S/c1-12(24)22-13-6-7-14(15(21)8-13)17(25)10-28-20(27)9-23-16-4-2-3-5-18(16)29-11-19(23)26/h2-8H,9-11H2,1H3,(H,22,24). The van der Waals surface area contributed by atoms with Gasteiger partial charge in [-0.2, -0.15) is 0 Å². The van der Waals surface area contributed by atoms with Gasteiger partial charge in [-0.15, -0.1) is 11.8 Å². The van der Waals surface area contributed by atoms with Crippen LogP contribution in [0.3, 0.4) is 0 Å². The Hall–Kier alpha value is -3.20. The molecule has 0 radical (unpaired) electrons. The Balaban J connectivity index is 1.60. The van der Waals surface area contributed by atoms with E-state index in [0.29, 0.717) is 5.69 Å². The van der Waals surface area contributed by atoms with Crippen molar-refractivity contribution >= 4 is 46.7 Å². The number of fused-ring (bicyclic) bond motifs is 1. The zero-order valence-corrected chi connectivity index (χ0v) is 16.3. The van der Waals surface area contributed by atoms with E-state index in [1.807, 2.05) is 12.1 Å². The zero-order chi connectivity index (χ0) is 21.0. The molecule has 1 heterocycles. The molecule has 1 aliphatic heterocycles. The van der Waals surface area contributed by atoms with Gasteiger partial charge in [-0.3, -0.25) is 24.1 Å². The molecule has 1 aliphatic rings. The van der Waals surface area contributed by atoms with Crippen LogP contribution in [0.2, 0.25) is 0 Å². The third-order valence-electron chi connectivity index (χ3n) is 4.05. The number of ether oxygens (including phenoxy) is 1. The fraction of sp³-hybridized carbons (Fsp3) is 0.200. The Morgan fingerprint density at radius 1 is 1.21 bits per heavy atom. The molecule has 0 fully saturated rings. The number of carbonyl (C=O) groups excluding carboxylic acids is 4. The van der Waals surface area contributed by atoms with E-state index in [2.05, 4.69) is 5.32 Å². The molecule has 0 atom stereocenters. The van der Waals surface area contributed by atoms with Gasteiger partial charge in [-0.1, -0.05) is 12.1 Å². The van der Waals surface area contributed by atoms with Crippen LogP contribution in [0.4, 0.5) is 15.8 Å². The van der Waals surface area contributed by atoms with E-state index in [9.17, 15) is 23.6 Å². The van der Waals surface area contributed by atoms with Crippen LogP contribution in [-0.2, 0) is 19.1 Å². The SMILES string of the molecule is CC(=O)Nc1ccc(C(=O)COC(=O)CN2C(=O)CSc3ccccc32)c(F)c1. The number of anilines is 2. The highest BCUT2D eigenvalue weighted by Crippen LogP contribution is 2.34. The fourth-order valence-corrected chi connectivity index (χ4v) is 3.68. The Bertz CT molecular complexity index is 995. The van der Waals surface area contributed by atoms with Crippen molar-refractivity contribution in [2.75, 3.05) is 29.1 Å². The van der Waals surface area contributed by atoms with Crippen LogP contribution >= 0.6 is 11.8 Å². The van der Waals surface area contributed by atoms with Gasteiger partial charge in [0.2, 0.25) is 17.6 Å². The Labute approximate surface area is 170 Å². The Morgan fingerprint density at radius 3 is 2.69 bits per heavy atom. The van der Waals surface area contributed by atoms with E-state index in [1.54, 1.807) is 12.1 Å². The average molecular weight is 416 g/mol. The number of benzene rings is 2. The van der Waals surface area contributed by atoms with Gasteiger partial charge in [-0.25, -0.2) is 4.39 Å². The number of esters is 1. The van der Waals surface area contributed by atoms with Crippen molar-refractivity contribution in [1.29, 1.82) is 0 Å². The number of thioether (sulfide) groups is 1. The van der Waals surface area contributed by atoms with Crippen molar-refractivity contribution < 1.29 is 28.3 Å². The molecule has 150 valence electrons. The Morgan fingerprint density at radius 2 is 1.97 bits per heavy atom.